The number of carbonyl (C=O) groups is 2. The Balaban J connectivity index is 1.70. The Morgan fingerprint density at radius 1 is 0.824 bits per heavy atom. The number of benzene rings is 3. The van der Waals surface area contributed by atoms with E-state index >= 15 is 0 Å². The lowest BCUT2D eigenvalue weighted by Gasteiger charge is -2.27. The molecular formula is C28H32N2O4. The fourth-order valence-corrected chi connectivity index (χ4v) is 3.33. The van der Waals surface area contributed by atoms with E-state index in [0.29, 0.717) is 12.3 Å². The van der Waals surface area contributed by atoms with Crippen LogP contribution in [-0.4, -0.2) is 29.7 Å². The van der Waals surface area contributed by atoms with Crippen molar-refractivity contribution < 1.29 is 19.1 Å². The van der Waals surface area contributed by atoms with Crippen LogP contribution in [0.3, 0.4) is 0 Å². The summed E-state index contributed by atoms with van der Waals surface area (Å²) in [7, 11) is 0. The zero-order valence-corrected chi connectivity index (χ0v) is 20.1. The number of ether oxygens (including phenoxy) is 2. The molecule has 0 aliphatic heterocycles. The van der Waals surface area contributed by atoms with Gasteiger partial charge in [0.05, 0.1) is 12.7 Å². The number of hydrogen-bond acceptors (Lipinski definition) is 4. The Bertz CT molecular complexity index is 1060. The van der Waals surface area contributed by atoms with E-state index in [0.717, 1.165) is 16.7 Å². The van der Waals surface area contributed by atoms with Gasteiger partial charge in [0.25, 0.3) is 0 Å². The largest absolute Gasteiger partial charge is 0.444 e. The number of hydrogen-bond donors (Lipinski definition) is 2. The molecule has 0 saturated carbocycles. The first-order valence-electron chi connectivity index (χ1n) is 11.3. The molecule has 2 amide bonds. The first-order valence-corrected chi connectivity index (χ1v) is 11.3. The fraction of sp³-hybridized carbons (Fsp3) is 0.286. The lowest BCUT2D eigenvalue weighted by molar-refractivity contribution is -0.122. The maximum Gasteiger partial charge on any atom is 0.408 e. The van der Waals surface area contributed by atoms with E-state index in [4.69, 9.17) is 9.47 Å². The van der Waals surface area contributed by atoms with Crippen molar-refractivity contribution in [3.8, 4) is 11.1 Å². The third-order valence-corrected chi connectivity index (χ3v) is 5.04. The number of carbonyl (C=O) groups excluding carboxylic acids is 2. The molecule has 2 N–H and O–H groups in total. The van der Waals surface area contributed by atoms with Gasteiger partial charge in [0.15, 0.2) is 0 Å². The van der Waals surface area contributed by atoms with E-state index in [2.05, 4.69) is 10.6 Å². The van der Waals surface area contributed by atoms with Crippen LogP contribution in [0, 0.1) is 0 Å². The van der Waals surface area contributed by atoms with Crippen LogP contribution >= 0.6 is 0 Å². The normalized spacial score (nSPS) is 12.9. The van der Waals surface area contributed by atoms with Gasteiger partial charge in [0.2, 0.25) is 5.91 Å². The second kappa shape index (κ2) is 11.5. The van der Waals surface area contributed by atoms with Crippen LogP contribution in [0.15, 0.2) is 84.9 Å². The first kappa shape index (κ1) is 25.0. The minimum absolute atomic E-state index is 0.313. The van der Waals surface area contributed by atoms with Gasteiger partial charge >= 0.3 is 6.09 Å². The maximum atomic E-state index is 13.2. The van der Waals surface area contributed by atoms with Crippen LogP contribution in [-0.2, 0) is 20.9 Å². The molecule has 0 heterocycles. The number of anilines is 1. The number of amides is 2. The molecule has 0 spiro atoms. The summed E-state index contributed by atoms with van der Waals surface area (Å²) in [5.41, 5.74) is 3.04. The van der Waals surface area contributed by atoms with Crippen molar-refractivity contribution in [1.29, 1.82) is 0 Å². The zero-order chi connectivity index (χ0) is 24.6. The predicted molar refractivity (Wildman–Crippen MR) is 134 cm³/mol. The highest BCUT2D eigenvalue weighted by molar-refractivity contribution is 5.97. The molecule has 0 unspecified atom stereocenters. The minimum atomic E-state index is -0.952. The summed E-state index contributed by atoms with van der Waals surface area (Å²) in [6, 6.07) is 26.2. The van der Waals surface area contributed by atoms with Crippen LogP contribution in [0.1, 0.15) is 33.3 Å². The molecule has 0 bridgehead atoms. The van der Waals surface area contributed by atoms with Crippen LogP contribution < -0.4 is 10.6 Å². The van der Waals surface area contributed by atoms with E-state index in [-0.39, 0.29) is 5.91 Å². The van der Waals surface area contributed by atoms with Gasteiger partial charge < -0.3 is 20.1 Å². The summed E-state index contributed by atoms with van der Waals surface area (Å²) in [6.07, 6.45) is -1.28. The summed E-state index contributed by atoms with van der Waals surface area (Å²) >= 11 is 0. The summed E-state index contributed by atoms with van der Waals surface area (Å²) in [5.74, 6) is -0.390. The van der Waals surface area contributed by atoms with Gasteiger partial charge in [-0.25, -0.2) is 4.79 Å². The smallest absolute Gasteiger partial charge is 0.408 e. The van der Waals surface area contributed by atoms with Crippen LogP contribution in [0.5, 0.6) is 0 Å². The molecule has 6 nitrogen and oxygen atoms in total. The van der Waals surface area contributed by atoms with Gasteiger partial charge in [-0.1, -0.05) is 72.8 Å². The van der Waals surface area contributed by atoms with Gasteiger partial charge in [-0.3, -0.25) is 4.79 Å². The van der Waals surface area contributed by atoms with Gasteiger partial charge in [0, 0.05) is 5.69 Å². The highest BCUT2D eigenvalue weighted by atomic mass is 16.6. The standard InChI is InChI=1S/C28H32N2O4/c1-20(33-19-21-11-7-5-8-12-21)25(30-27(32)34-28(2,3)4)26(31)29-24-17-15-23(16-18-24)22-13-9-6-10-14-22/h5-18,20,25H,19H2,1-4H3,(H,29,31)(H,30,32)/t20-,25+/m1/s1. The van der Waals surface area contributed by atoms with Crippen molar-refractivity contribution >= 4 is 17.7 Å². The molecule has 0 aromatic heterocycles. The van der Waals surface area contributed by atoms with Crippen molar-refractivity contribution in [1.82, 2.24) is 5.32 Å². The minimum Gasteiger partial charge on any atom is -0.444 e. The summed E-state index contributed by atoms with van der Waals surface area (Å²) in [5, 5.41) is 5.55. The van der Waals surface area contributed by atoms with Gasteiger partial charge in [-0.05, 0) is 56.5 Å². The Morgan fingerprint density at radius 2 is 1.38 bits per heavy atom. The van der Waals surface area contributed by atoms with Gasteiger partial charge in [-0.2, -0.15) is 0 Å². The molecule has 0 fully saturated rings. The van der Waals surface area contributed by atoms with E-state index < -0.39 is 23.8 Å². The average molecular weight is 461 g/mol. The molecule has 3 aromatic carbocycles. The Hall–Kier alpha value is -3.64. The average Bonchev–Trinajstić information content (AvgIpc) is 2.81. The molecule has 0 saturated heterocycles. The lowest BCUT2D eigenvalue weighted by Crippen LogP contribution is -2.52. The Kier molecular flexibility index (Phi) is 8.44. The van der Waals surface area contributed by atoms with Crippen molar-refractivity contribution in [2.75, 3.05) is 5.32 Å². The van der Waals surface area contributed by atoms with Crippen molar-refractivity contribution in [3.05, 3.63) is 90.5 Å². The molecule has 34 heavy (non-hydrogen) atoms. The fourth-order valence-electron chi connectivity index (χ4n) is 3.33. The van der Waals surface area contributed by atoms with Crippen molar-refractivity contribution in [2.24, 2.45) is 0 Å². The van der Waals surface area contributed by atoms with Crippen LogP contribution in [0.25, 0.3) is 11.1 Å². The third kappa shape index (κ3) is 7.74. The lowest BCUT2D eigenvalue weighted by atomic mass is 10.1. The van der Waals surface area contributed by atoms with Crippen LogP contribution in [0.4, 0.5) is 10.5 Å². The second-order valence-corrected chi connectivity index (χ2v) is 9.06. The van der Waals surface area contributed by atoms with E-state index in [1.54, 1.807) is 27.7 Å². The Labute approximate surface area is 201 Å². The molecular weight excluding hydrogens is 428 g/mol. The first-order chi connectivity index (χ1) is 16.2. The molecule has 2 atom stereocenters. The summed E-state index contributed by atoms with van der Waals surface area (Å²) in [4.78, 5) is 25.6. The number of alkyl carbamates (subject to hydrolysis) is 1. The summed E-state index contributed by atoms with van der Waals surface area (Å²) < 4.78 is 11.3. The number of rotatable bonds is 8. The van der Waals surface area contributed by atoms with Crippen molar-refractivity contribution in [3.63, 3.8) is 0 Å². The van der Waals surface area contributed by atoms with E-state index in [1.165, 1.54) is 0 Å². The van der Waals surface area contributed by atoms with Gasteiger partial charge in [0.1, 0.15) is 11.6 Å². The SMILES string of the molecule is C[C@@H](OCc1ccccc1)[C@H](NC(=O)OC(C)(C)C)C(=O)Nc1ccc(-c2ccccc2)cc1. The highest BCUT2D eigenvalue weighted by Gasteiger charge is 2.30. The molecule has 3 rings (SSSR count). The highest BCUT2D eigenvalue weighted by Crippen LogP contribution is 2.21. The second-order valence-electron chi connectivity index (χ2n) is 9.06. The topological polar surface area (TPSA) is 76.7 Å². The van der Waals surface area contributed by atoms with E-state index in [9.17, 15) is 9.59 Å². The monoisotopic (exact) mass is 460 g/mol. The van der Waals surface area contributed by atoms with Crippen molar-refractivity contribution in [2.45, 2.75) is 52.0 Å². The number of nitrogens with one attached hydrogen (secondary N) is 2. The van der Waals surface area contributed by atoms with E-state index in [1.807, 2.05) is 84.9 Å². The predicted octanol–water partition coefficient (Wildman–Crippen LogP) is 5.79. The quantitative estimate of drug-likeness (QED) is 0.446. The van der Waals surface area contributed by atoms with Gasteiger partial charge in [-0.15, -0.1) is 0 Å². The van der Waals surface area contributed by atoms with Crippen LogP contribution in [0.2, 0.25) is 0 Å². The maximum absolute atomic E-state index is 13.2. The Morgan fingerprint density at radius 3 is 1.97 bits per heavy atom. The molecule has 0 aliphatic carbocycles. The molecule has 6 heteroatoms. The third-order valence-electron chi connectivity index (χ3n) is 5.04. The molecule has 3 aromatic rings. The zero-order valence-electron chi connectivity index (χ0n) is 20.1. The molecule has 0 aliphatic rings. The summed E-state index contributed by atoms with van der Waals surface area (Å²) in [6.45, 7) is 7.37. The molecule has 0 radical (unpaired) electrons. The molecule has 178 valence electrons.